The summed E-state index contributed by atoms with van der Waals surface area (Å²) in [7, 11) is 0. The zero-order valence-electron chi connectivity index (χ0n) is 5.27. The van der Waals surface area contributed by atoms with Gasteiger partial charge in [-0.15, -0.1) is 0 Å². The van der Waals surface area contributed by atoms with E-state index in [4.69, 9.17) is 11.8 Å². The summed E-state index contributed by atoms with van der Waals surface area (Å²) in [5.41, 5.74) is 0. The minimum Gasteiger partial charge on any atom is -0.0981 e. The Morgan fingerprint density at radius 2 is 1.86 bits per heavy atom. The van der Waals surface area contributed by atoms with Crippen molar-refractivity contribution in [2.75, 3.05) is 19.5 Å². The fraction of sp³-hybridized carbons (Fsp3) is 1.00. The molecule has 0 N–H and O–H groups in total. The second-order valence-electron chi connectivity index (χ2n) is 2.30. The van der Waals surface area contributed by atoms with E-state index in [1.54, 1.807) is 0 Å². The van der Waals surface area contributed by atoms with Crippen molar-refractivity contribution in [3.05, 3.63) is 0 Å². The van der Waals surface area contributed by atoms with E-state index in [1.807, 2.05) is 0 Å². The molecule has 44 valence electrons. The maximum absolute atomic E-state index is 5.20. The summed E-state index contributed by atoms with van der Waals surface area (Å²) >= 11 is 5.20. The lowest BCUT2D eigenvalue weighted by atomic mass is 10.6. The summed E-state index contributed by atoms with van der Waals surface area (Å²) < 4.78 is 0. The van der Waals surface area contributed by atoms with Gasteiger partial charge >= 0.3 is 0 Å². The van der Waals surface area contributed by atoms with E-state index in [9.17, 15) is 0 Å². The quantitative estimate of drug-likeness (QED) is 0.524. The van der Waals surface area contributed by atoms with E-state index in [1.165, 1.54) is 12.6 Å². The molecule has 0 saturated carbocycles. The highest BCUT2D eigenvalue weighted by Gasteiger charge is 1.96. The molecular weight excluding hydrogens is 123 g/mol. The number of rotatable bonds is 2. The van der Waals surface area contributed by atoms with Crippen LogP contribution in [0.2, 0.25) is 0 Å². The predicted molar refractivity (Wildman–Crippen MR) is 41.3 cm³/mol. The van der Waals surface area contributed by atoms with Crippen LogP contribution in [0, 0.1) is 0 Å². The Kier molecular flexibility index (Phi) is 3.10. The Morgan fingerprint density at radius 1 is 1.43 bits per heavy atom. The van der Waals surface area contributed by atoms with Gasteiger partial charge in [-0.05, 0) is 25.5 Å². The first-order chi connectivity index (χ1) is 3.06. The molecule has 0 rings (SSSR count). The number of hydrogen-bond acceptors (Lipinski definition) is 1. The summed E-state index contributed by atoms with van der Waals surface area (Å²) in [5.74, 6) is 0. The molecule has 0 aliphatic carbocycles. The van der Waals surface area contributed by atoms with Crippen LogP contribution < -0.4 is 0 Å². The molecule has 0 aliphatic rings. The largest absolute Gasteiger partial charge is 0.0981 e. The minimum absolute atomic E-state index is 0.832. The van der Waals surface area contributed by atoms with Gasteiger partial charge in [0.1, 0.15) is 0 Å². The summed E-state index contributed by atoms with van der Waals surface area (Å²) in [6, 6.07) is -0.832. The average Bonchev–Trinajstić information content (AvgIpc) is 1.30. The van der Waals surface area contributed by atoms with Gasteiger partial charge in [-0.3, -0.25) is 0 Å². The van der Waals surface area contributed by atoms with Crippen LogP contribution >= 0.6 is 6.04 Å². The lowest BCUT2D eigenvalue weighted by Crippen LogP contribution is -1.79. The van der Waals surface area contributed by atoms with Crippen LogP contribution in [-0.2, 0) is 11.8 Å². The van der Waals surface area contributed by atoms with E-state index in [-0.39, 0.29) is 0 Å². The third-order valence-electron chi connectivity index (χ3n) is 0.762. The van der Waals surface area contributed by atoms with Gasteiger partial charge in [0, 0.05) is 0 Å². The summed E-state index contributed by atoms with van der Waals surface area (Å²) in [6.07, 6.45) is 2.52. The first kappa shape index (κ1) is 7.65. The van der Waals surface area contributed by atoms with Gasteiger partial charge in [-0.1, -0.05) is 25.2 Å². The van der Waals surface area contributed by atoms with Crippen LogP contribution in [0.15, 0.2) is 0 Å². The zero-order chi connectivity index (χ0) is 5.91. The molecule has 0 aromatic carbocycles. The Balaban J connectivity index is 3.36. The molecule has 0 atom stereocenters. The van der Waals surface area contributed by atoms with Gasteiger partial charge in [0.25, 0.3) is 0 Å². The maximum atomic E-state index is 5.20. The molecule has 0 aromatic heterocycles. The van der Waals surface area contributed by atoms with Crippen molar-refractivity contribution in [3.8, 4) is 0 Å². The molecule has 2 heteroatoms. The first-order valence-corrected chi connectivity index (χ1v) is 6.48. The maximum Gasteiger partial charge on any atom is -0.0242 e. The molecule has 0 radical (unpaired) electrons. The summed E-state index contributed by atoms with van der Waals surface area (Å²) in [4.78, 5) is 0. The average molecular weight is 136 g/mol. The molecule has 0 nitrogen and oxygen atoms in total. The first-order valence-electron chi connectivity index (χ1n) is 2.60. The molecule has 0 bridgehead atoms. The Bertz CT molecular complexity index is 82.1. The van der Waals surface area contributed by atoms with Crippen LogP contribution in [0.25, 0.3) is 0 Å². The monoisotopic (exact) mass is 136 g/mol. The lowest BCUT2D eigenvalue weighted by molar-refractivity contribution is 1.10. The molecule has 0 aliphatic heterocycles. The van der Waals surface area contributed by atoms with Crippen molar-refractivity contribution < 1.29 is 0 Å². The Hall–Kier alpha value is 0.650. The van der Waals surface area contributed by atoms with Crippen molar-refractivity contribution in [2.45, 2.75) is 13.3 Å². The summed E-state index contributed by atoms with van der Waals surface area (Å²) in [5, 5.41) is 0. The molecule has 0 saturated heterocycles. The van der Waals surface area contributed by atoms with E-state index in [2.05, 4.69) is 20.3 Å². The highest BCUT2D eigenvalue weighted by Crippen LogP contribution is 2.36. The third kappa shape index (κ3) is 6.65. The number of hydrogen-bond donors (Lipinski definition) is 0. The van der Waals surface area contributed by atoms with Crippen molar-refractivity contribution in [1.82, 2.24) is 0 Å². The van der Waals surface area contributed by atoms with E-state index < -0.39 is 6.04 Å². The molecule has 0 spiro atoms. The standard InChI is InChI=1S/C5H13PS/c1-4-5-6(2,3)7/h4-5H2,1-3H3. The molecule has 0 unspecified atom stereocenters. The normalized spacial score (nSPS) is 11.9. The zero-order valence-corrected chi connectivity index (χ0v) is 6.98. The highest BCUT2D eigenvalue weighted by atomic mass is 32.4. The fourth-order valence-electron chi connectivity index (χ4n) is 0.539. The summed E-state index contributed by atoms with van der Waals surface area (Å²) in [6.45, 7) is 6.59. The second-order valence-corrected chi connectivity index (χ2v) is 8.86. The SMILES string of the molecule is CCCP(C)(C)=S. The molecule has 0 aromatic rings. The fourth-order valence-corrected chi connectivity index (χ4v) is 2.16. The van der Waals surface area contributed by atoms with Crippen molar-refractivity contribution >= 4 is 17.8 Å². The van der Waals surface area contributed by atoms with Gasteiger partial charge in [-0.2, -0.15) is 0 Å². The second kappa shape index (κ2) is 2.84. The van der Waals surface area contributed by atoms with Crippen LogP contribution in [0.3, 0.4) is 0 Å². The third-order valence-corrected chi connectivity index (χ3v) is 2.83. The van der Waals surface area contributed by atoms with Gasteiger partial charge < -0.3 is 0 Å². The van der Waals surface area contributed by atoms with Crippen molar-refractivity contribution in [3.63, 3.8) is 0 Å². The van der Waals surface area contributed by atoms with Crippen molar-refractivity contribution in [1.29, 1.82) is 0 Å². The predicted octanol–water partition coefficient (Wildman–Crippen LogP) is 2.14. The van der Waals surface area contributed by atoms with Gasteiger partial charge in [0.05, 0.1) is 0 Å². The Morgan fingerprint density at radius 3 is 1.86 bits per heavy atom. The van der Waals surface area contributed by atoms with Gasteiger partial charge in [0.2, 0.25) is 0 Å². The highest BCUT2D eigenvalue weighted by molar-refractivity contribution is 8.13. The topological polar surface area (TPSA) is 0 Å². The molecule has 7 heavy (non-hydrogen) atoms. The van der Waals surface area contributed by atoms with Crippen LogP contribution in [0.5, 0.6) is 0 Å². The van der Waals surface area contributed by atoms with E-state index in [0.29, 0.717) is 0 Å². The lowest BCUT2D eigenvalue weighted by Gasteiger charge is -2.04. The van der Waals surface area contributed by atoms with E-state index in [0.717, 1.165) is 0 Å². The van der Waals surface area contributed by atoms with E-state index >= 15 is 0 Å². The Labute approximate surface area is 51.3 Å². The van der Waals surface area contributed by atoms with Crippen LogP contribution in [-0.4, -0.2) is 19.5 Å². The smallest absolute Gasteiger partial charge is 0.0242 e. The van der Waals surface area contributed by atoms with Crippen molar-refractivity contribution in [2.24, 2.45) is 0 Å². The van der Waals surface area contributed by atoms with Gasteiger partial charge in [-0.25, -0.2) is 0 Å². The molecule has 0 amide bonds. The molecular formula is C5H13PS. The molecule has 0 fully saturated rings. The molecule has 0 heterocycles. The minimum atomic E-state index is -0.832. The van der Waals surface area contributed by atoms with Crippen LogP contribution in [0.1, 0.15) is 13.3 Å². The van der Waals surface area contributed by atoms with Gasteiger partial charge in [0.15, 0.2) is 0 Å². The van der Waals surface area contributed by atoms with Crippen LogP contribution in [0.4, 0.5) is 0 Å².